The van der Waals surface area contributed by atoms with Gasteiger partial charge in [-0.3, -0.25) is 14.2 Å². The van der Waals surface area contributed by atoms with Gasteiger partial charge >= 0.3 is 0 Å². The molecular formula is C20H25N3O2. The van der Waals surface area contributed by atoms with E-state index in [4.69, 9.17) is 0 Å². The number of nitrogens with zero attached hydrogens (tertiary/aromatic N) is 2. The topological polar surface area (TPSA) is 64.0 Å². The third kappa shape index (κ3) is 3.98. The number of anilines is 1. The van der Waals surface area contributed by atoms with Crippen molar-refractivity contribution in [2.75, 3.05) is 5.32 Å². The van der Waals surface area contributed by atoms with E-state index in [2.05, 4.69) is 17.2 Å². The lowest BCUT2D eigenvalue weighted by Gasteiger charge is -2.12. The number of benzene rings is 1. The van der Waals surface area contributed by atoms with Crippen LogP contribution >= 0.6 is 0 Å². The Bertz CT molecular complexity index is 822. The lowest BCUT2D eigenvalue weighted by Crippen LogP contribution is -2.32. The first-order valence-electron chi connectivity index (χ1n) is 9.06. The maximum atomic E-state index is 12.6. The molecule has 1 heterocycles. The zero-order valence-corrected chi connectivity index (χ0v) is 15.0. The van der Waals surface area contributed by atoms with Gasteiger partial charge in [0, 0.05) is 11.3 Å². The summed E-state index contributed by atoms with van der Waals surface area (Å²) in [5.41, 5.74) is 3.64. The fourth-order valence-corrected chi connectivity index (χ4v) is 3.31. The summed E-state index contributed by atoms with van der Waals surface area (Å²) >= 11 is 0. The van der Waals surface area contributed by atoms with Crippen molar-refractivity contribution >= 4 is 11.6 Å². The number of unbranched alkanes of at least 4 members (excludes halogenated alkanes) is 1. The summed E-state index contributed by atoms with van der Waals surface area (Å²) in [7, 11) is 0. The fraction of sp³-hybridized carbons (Fsp3) is 0.450. The molecule has 1 amide bonds. The number of hydrogen-bond donors (Lipinski definition) is 1. The van der Waals surface area contributed by atoms with Crippen LogP contribution in [0.15, 0.2) is 29.1 Å². The number of hydrogen-bond acceptors (Lipinski definition) is 3. The minimum atomic E-state index is -0.203. The van der Waals surface area contributed by atoms with Crippen LogP contribution in [0.1, 0.15) is 48.8 Å². The van der Waals surface area contributed by atoms with Gasteiger partial charge in [-0.1, -0.05) is 25.5 Å². The highest BCUT2D eigenvalue weighted by atomic mass is 16.2. The van der Waals surface area contributed by atoms with Crippen molar-refractivity contribution in [1.82, 2.24) is 9.55 Å². The van der Waals surface area contributed by atoms with Gasteiger partial charge in [0.15, 0.2) is 0 Å². The highest BCUT2D eigenvalue weighted by molar-refractivity contribution is 5.90. The van der Waals surface area contributed by atoms with Crippen LogP contribution in [0.5, 0.6) is 0 Å². The zero-order valence-electron chi connectivity index (χ0n) is 15.0. The number of rotatable bonds is 6. The second kappa shape index (κ2) is 7.64. The van der Waals surface area contributed by atoms with Crippen LogP contribution in [0.4, 0.5) is 5.69 Å². The fourth-order valence-electron chi connectivity index (χ4n) is 3.31. The molecule has 25 heavy (non-hydrogen) atoms. The number of carbonyl (C=O) groups is 1. The van der Waals surface area contributed by atoms with E-state index in [1.54, 1.807) is 6.92 Å². The molecule has 0 aliphatic heterocycles. The van der Waals surface area contributed by atoms with Crippen molar-refractivity contribution in [3.05, 3.63) is 57.3 Å². The van der Waals surface area contributed by atoms with Gasteiger partial charge in [-0.2, -0.15) is 0 Å². The SMILES string of the molecule is CCCCc1ccc(NC(=O)Cn2c(C)nc3c(c2=O)CCC3)cc1. The highest BCUT2D eigenvalue weighted by Gasteiger charge is 2.20. The molecule has 5 nitrogen and oxygen atoms in total. The molecule has 0 fully saturated rings. The average molecular weight is 339 g/mol. The van der Waals surface area contributed by atoms with Crippen LogP contribution in [0.2, 0.25) is 0 Å². The van der Waals surface area contributed by atoms with Crippen molar-refractivity contribution in [1.29, 1.82) is 0 Å². The van der Waals surface area contributed by atoms with Gasteiger partial charge in [-0.05, 0) is 56.7 Å². The van der Waals surface area contributed by atoms with Crippen LogP contribution < -0.4 is 10.9 Å². The van der Waals surface area contributed by atoms with E-state index in [1.807, 2.05) is 24.3 Å². The molecule has 3 rings (SSSR count). The molecule has 0 saturated carbocycles. The average Bonchev–Trinajstić information content (AvgIpc) is 3.06. The monoisotopic (exact) mass is 339 g/mol. The molecule has 0 bridgehead atoms. The van der Waals surface area contributed by atoms with Gasteiger partial charge < -0.3 is 5.32 Å². The van der Waals surface area contributed by atoms with Crippen molar-refractivity contribution in [2.45, 2.75) is 58.9 Å². The lowest BCUT2D eigenvalue weighted by atomic mass is 10.1. The predicted octanol–water partition coefficient (Wildman–Crippen LogP) is 3.02. The molecule has 0 unspecified atom stereocenters. The molecule has 1 aliphatic rings. The Morgan fingerprint density at radius 3 is 2.72 bits per heavy atom. The zero-order chi connectivity index (χ0) is 17.8. The summed E-state index contributed by atoms with van der Waals surface area (Å²) in [5.74, 6) is 0.405. The molecule has 1 aromatic heterocycles. The van der Waals surface area contributed by atoms with Crippen LogP contribution in [0.3, 0.4) is 0 Å². The van der Waals surface area contributed by atoms with Crippen molar-refractivity contribution in [3.8, 4) is 0 Å². The Kier molecular flexibility index (Phi) is 5.31. The van der Waals surface area contributed by atoms with Gasteiger partial charge in [0.25, 0.3) is 5.56 Å². The van der Waals surface area contributed by atoms with E-state index in [1.165, 1.54) is 23.0 Å². The molecular weight excluding hydrogens is 314 g/mol. The first-order chi connectivity index (χ1) is 12.1. The molecule has 1 aliphatic carbocycles. The summed E-state index contributed by atoms with van der Waals surface area (Å²) in [6.07, 6.45) is 5.99. The molecule has 0 atom stereocenters. The predicted molar refractivity (Wildman–Crippen MR) is 98.9 cm³/mol. The quantitative estimate of drug-likeness (QED) is 0.880. The first-order valence-corrected chi connectivity index (χ1v) is 9.06. The number of aryl methyl sites for hydroxylation is 3. The molecule has 2 aromatic rings. The van der Waals surface area contributed by atoms with Gasteiger partial charge in [0.2, 0.25) is 5.91 Å². The van der Waals surface area contributed by atoms with E-state index in [-0.39, 0.29) is 18.0 Å². The number of nitrogens with one attached hydrogen (secondary N) is 1. The largest absolute Gasteiger partial charge is 0.325 e. The van der Waals surface area contributed by atoms with Crippen molar-refractivity contribution < 1.29 is 4.79 Å². The molecule has 0 radical (unpaired) electrons. The normalized spacial score (nSPS) is 12.9. The minimum Gasteiger partial charge on any atom is -0.325 e. The molecule has 132 valence electrons. The van der Waals surface area contributed by atoms with E-state index in [0.29, 0.717) is 5.82 Å². The summed E-state index contributed by atoms with van der Waals surface area (Å²) in [6.45, 7) is 3.96. The first kappa shape index (κ1) is 17.4. The standard InChI is InChI=1S/C20H25N3O2/c1-3-4-6-15-9-11-16(12-10-15)22-19(24)13-23-14(2)21-18-8-5-7-17(18)20(23)25/h9-12H,3-8,13H2,1-2H3,(H,22,24). The van der Waals surface area contributed by atoms with Crippen molar-refractivity contribution in [2.24, 2.45) is 0 Å². The number of carbonyl (C=O) groups excluding carboxylic acids is 1. The van der Waals surface area contributed by atoms with E-state index < -0.39 is 0 Å². The van der Waals surface area contributed by atoms with E-state index in [0.717, 1.165) is 42.6 Å². The summed E-state index contributed by atoms with van der Waals surface area (Å²) in [6, 6.07) is 7.91. The Balaban J connectivity index is 1.68. The molecule has 1 aromatic carbocycles. The second-order valence-corrected chi connectivity index (χ2v) is 6.68. The number of amides is 1. The highest BCUT2D eigenvalue weighted by Crippen LogP contribution is 2.16. The van der Waals surface area contributed by atoms with Crippen LogP contribution in [-0.4, -0.2) is 15.5 Å². The molecule has 5 heteroatoms. The maximum Gasteiger partial charge on any atom is 0.257 e. The third-order valence-corrected chi connectivity index (χ3v) is 4.74. The van der Waals surface area contributed by atoms with Gasteiger partial charge in [-0.15, -0.1) is 0 Å². The van der Waals surface area contributed by atoms with E-state index >= 15 is 0 Å². The minimum absolute atomic E-state index is 0.00251. The van der Waals surface area contributed by atoms with Crippen LogP contribution in [0.25, 0.3) is 0 Å². The van der Waals surface area contributed by atoms with E-state index in [9.17, 15) is 9.59 Å². The third-order valence-electron chi connectivity index (χ3n) is 4.74. The molecule has 0 spiro atoms. The van der Waals surface area contributed by atoms with Crippen molar-refractivity contribution in [3.63, 3.8) is 0 Å². The maximum absolute atomic E-state index is 12.6. The molecule has 0 saturated heterocycles. The van der Waals surface area contributed by atoms with Gasteiger partial charge in [0.1, 0.15) is 12.4 Å². The van der Waals surface area contributed by atoms with Gasteiger partial charge in [0.05, 0.1) is 5.69 Å². The van der Waals surface area contributed by atoms with Crippen LogP contribution in [-0.2, 0) is 30.6 Å². The number of aromatic nitrogens is 2. The smallest absolute Gasteiger partial charge is 0.257 e. The Morgan fingerprint density at radius 2 is 2.00 bits per heavy atom. The van der Waals surface area contributed by atoms with Gasteiger partial charge in [-0.25, -0.2) is 4.98 Å². The Hall–Kier alpha value is -2.43. The Labute approximate surface area is 148 Å². The lowest BCUT2D eigenvalue weighted by molar-refractivity contribution is -0.116. The second-order valence-electron chi connectivity index (χ2n) is 6.68. The summed E-state index contributed by atoms with van der Waals surface area (Å²) in [5, 5.41) is 2.87. The number of fused-ring (bicyclic) bond motifs is 1. The molecule has 1 N–H and O–H groups in total. The Morgan fingerprint density at radius 1 is 1.24 bits per heavy atom. The van der Waals surface area contributed by atoms with Crippen LogP contribution in [0, 0.1) is 6.92 Å². The summed E-state index contributed by atoms with van der Waals surface area (Å²) in [4.78, 5) is 29.4. The summed E-state index contributed by atoms with van der Waals surface area (Å²) < 4.78 is 1.48.